The van der Waals surface area contributed by atoms with Crippen molar-refractivity contribution in [3.8, 4) is 0 Å². The van der Waals surface area contributed by atoms with Gasteiger partial charge in [0.05, 0.1) is 41.7 Å². The summed E-state index contributed by atoms with van der Waals surface area (Å²) in [5.74, 6) is 0.680. The molecule has 12 nitrogen and oxygen atoms in total. The van der Waals surface area contributed by atoms with E-state index in [-0.39, 0.29) is 63.6 Å². The largest absolute Gasteiger partial charge is 0.388 e. The summed E-state index contributed by atoms with van der Waals surface area (Å²) in [6.07, 6.45) is -4.41. The monoisotopic (exact) mass is 769 g/mol. The molecule has 0 aromatic rings. The van der Waals surface area contributed by atoms with E-state index >= 15 is 0 Å². The van der Waals surface area contributed by atoms with E-state index in [4.69, 9.17) is 23.7 Å². The molecule has 7 rings (SSSR count). The maximum Gasteiger partial charge on any atom is 0.186 e. The highest BCUT2D eigenvalue weighted by Crippen LogP contribution is 2.76. The molecule has 312 valence electrons. The van der Waals surface area contributed by atoms with Crippen LogP contribution in [-0.2, 0) is 23.7 Å². The van der Waals surface area contributed by atoms with Crippen molar-refractivity contribution in [2.24, 2.45) is 45.3 Å². The number of aliphatic hydroxyl groups is 7. The second-order valence-electron chi connectivity index (χ2n) is 21.0. The molecular formula is C42H72O12. The highest BCUT2D eigenvalue weighted by atomic mass is 16.7. The minimum absolute atomic E-state index is 0.0562. The quantitative estimate of drug-likeness (QED) is 0.196. The molecule has 7 N–H and O–H groups in total. The van der Waals surface area contributed by atoms with Gasteiger partial charge in [0.15, 0.2) is 12.6 Å². The van der Waals surface area contributed by atoms with E-state index in [1.54, 1.807) is 13.8 Å². The van der Waals surface area contributed by atoms with E-state index in [0.29, 0.717) is 0 Å². The average molecular weight is 769 g/mol. The molecule has 4 saturated carbocycles. The molecule has 3 saturated heterocycles. The van der Waals surface area contributed by atoms with Gasteiger partial charge in [-0.2, -0.15) is 0 Å². The second-order valence-corrected chi connectivity index (χ2v) is 21.0. The fraction of sp³-hybridized carbons (Fsp3) is 1.00. The zero-order valence-electron chi connectivity index (χ0n) is 34.4. The van der Waals surface area contributed by atoms with E-state index < -0.39 is 72.6 Å². The topological polar surface area (TPSA) is 188 Å². The number of aliphatic hydroxyl groups excluding tert-OH is 6. The first-order valence-electron chi connectivity index (χ1n) is 21.0. The van der Waals surface area contributed by atoms with Crippen molar-refractivity contribution in [1.82, 2.24) is 0 Å². The number of ether oxygens (including phenoxy) is 5. The van der Waals surface area contributed by atoms with Gasteiger partial charge in [-0.1, -0.05) is 34.6 Å². The third kappa shape index (κ3) is 6.21. The standard InChI is InChI=1S/C42H72O12/c1-20-29(43)31(45)33(47)35(50-20)52-23-19-25-39(7)15-13-26(53-36-34(48)32(46)30(44)21(2)51-36)37(3,4)24(39)12-17-40(25,8)41(9)16-11-22(28(23)41)42(10)18-14-27(54-42)38(5,6)49/h20-36,43-49H,11-19H2,1-10H3. The molecule has 0 spiro atoms. The van der Waals surface area contributed by atoms with Crippen LogP contribution < -0.4 is 0 Å². The van der Waals surface area contributed by atoms with Crippen molar-refractivity contribution in [3.63, 3.8) is 0 Å². The Bertz CT molecular complexity index is 1370. The number of hydrogen-bond acceptors (Lipinski definition) is 12. The summed E-state index contributed by atoms with van der Waals surface area (Å²) in [5, 5.41) is 75.3. The van der Waals surface area contributed by atoms with E-state index in [1.807, 2.05) is 13.8 Å². The lowest BCUT2D eigenvalue weighted by atomic mass is 9.35. The normalized spacial score (nSPS) is 57.6. The molecule has 0 radical (unpaired) electrons. The van der Waals surface area contributed by atoms with E-state index in [0.717, 1.165) is 57.8 Å². The summed E-state index contributed by atoms with van der Waals surface area (Å²) in [6, 6.07) is 0. The van der Waals surface area contributed by atoms with Crippen LogP contribution >= 0.6 is 0 Å². The van der Waals surface area contributed by atoms with Crippen LogP contribution in [0.2, 0.25) is 0 Å². The molecular weight excluding hydrogens is 696 g/mol. The molecule has 21 atom stereocenters. The molecule has 12 heteroatoms. The van der Waals surface area contributed by atoms with Gasteiger partial charge < -0.3 is 59.4 Å². The number of hydrogen-bond donors (Lipinski definition) is 7. The van der Waals surface area contributed by atoms with Gasteiger partial charge in [0, 0.05) is 0 Å². The predicted octanol–water partition coefficient (Wildman–Crippen LogP) is 3.42. The minimum Gasteiger partial charge on any atom is -0.388 e. The van der Waals surface area contributed by atoms with Crippen molar-refractivity contribution in [3.05, 3.63) is 0 Å². The summed E-state index contributed by atoms with van der Waals surface area (Å²) in [6.45, 7) is 21.2. The Morgan fingerprint density at radius 3 is 1.72 bits per heavy atom. The van der Waals surface area contributed by atoms with Crippen LogP contribution in [0.25, 0.3) is 0 Å². The Hall–Kier alpha value is -0.480. The fourth-order valence-electron chi connectivity index (χ4n) is 14.0. The second kappa shape index (κ2) is 13.8. The highest BCUT2D eigenvalue weighted by Gasteiger charge is 2.73. The Morgan fingerprint density at radius 2 is 1.17 bits per heavy atom. The van der Waals surface area contributed by atoms with Crippen LogP contribution in [0.3, 0.4) is 0 Å². The van der Waals surface area contributed by atoms with Crippen LogP contribution in [0, 0.1) is 45.3 Å². The van der Waals surface area contributed by atoms with E-state index in [2.05, 4.69) is 41.5 Å². The maximum atomic E-state index is 11.2. The van der Waals surface area contributed by atoms with Crippen molar-refractivity contribution < 1.29 is 59.4 Å². The van der Waals surface area contributed by atoms with Gasteiger partial charge in [-0.3, -0.25) is 0 Å². The highest BCUT2D eigenvalue weighted by molar-refractivity contribution is 5.21. The van der Waals surface area contributed by atoms with Crippen molar-refractivity contribution in [1.29, 1.82) is 0 Å². The average Bonchev–Trinajstić information content (AvgIpc) is 3.68. The van der Waals surface area contributed by atoms with Gasteiger partial charge in [-0.05, 0) is 138 Å². The van der Waals surface area contributed by atoms with E-state index in [1.165, 1.54) is 0 Å². The van der Waals surface area contributed by atoms with Crippen molar-refractivity contribution in [2.45, 2.75) is 218 Å². The summed E-state index contributed by atoms with van der Waals surface area (Å²) in [5.41, 5.74) is -2.09. The molecule has 54 heavy (non-hydrogen) atoms. The molecule has 4 aliphatic carbocycles. The van der Waals surface area contributed by atoms with Gasteiger partial charge in [0.1, 0.15) is 36.6 Å². The van der Waals surface area contributed by atoms with Gasteiger partial charge in [-0.15, -0.1) is 0 Å². The fourth-order valence-corrected chi connectivity index (χ4v) is 14.0. The number of fused-ring (bicyclic) bond motifs is 5. The third-order valence-corrected chi connectivity index (χ3v) is 17.4. The smallest absolute Gasteiger partial charge is 0.186 e. The predicted molar refractivity (Wildman–Crippen MR) is 198 cm³/mol. The molecule has 21 unspecified atom stereocenters. The zero-order valence-corrected chi connectivity index (χ0v) is 34.4. The van der Waals surface area contributed by atoms with E-state index in [9.17, 15) is 35.7 Å². The Labute approximate surface area is 322 Å². The lowest BCUT2D eigenvalue weighted by molar-refractivity contribution is -0.338. The Kier molecular flexibility index (Phi) is 10.6. The van der Waals surface area contributed by atoms with Gasteiger partial charge in [-0.25, -0.2) is 0 Å². The molecule has 0 bridgehead atoms. The summed E-state index contributed by atoms with van der Waals surface area (Å²) in [7, 11) is 0. The van der Waals surface area contributed by atoms with Crippen molar-refractivity contribution in [2.75, 3.05) is 0 Å². The molecule has 3 aliphatic heterocycles. The van der Waals surface area contributed by atoms with Crippen LogP contribution in [-0.4, -0.2) is 127 Å². The Morgan fingerprint density at radius 1 is 0.611 bits per heavy atom. The van der Waals surface area contributed by atoms with Crippen molar-refractivity contribution >= 4 is 0 Å². The maximum absolute atomic E-state index is 11.2. The van der Waals surface area contributed by atoms with Crippen LogP contribution in [0.4, 0.5) is 0 Å². The third-order valence-electron chi connectivity index (χ3n) is 17.4. The summed E-state index contributed by atoms with van der Waals surface area (Å²) in [4.78, 5) is 0. The molecule has 3 heterocycles. The first kappa shape index (κ1) is 41.7. The molecule has 0 amide bonds. The SMILES string of the molecule is CC1OC(OC2CC3C4(C)CCC(OC5OC(C)C(O)C(O)C5O)C(C)(C)C4CCC3(C)C3(C)CCC(C4(C)CCC(C(C)(C)O)O4)C23)C(O)C(O)C1O. The van der Waals surface area contributed by atoms with Gasteiger partial charge in [0.25, 0.3) is 0 Å². The Balaban J connectivity index is 1.22. The summed E-state index contributed by atoms with van der Waals surface area (Å²) >= 11 is 0. The first-order chi connectivity index (χ1) is 24.9. The molecule has 0 aromatic carbocycles. The van der Waals surface area contributed by atoms with Crippen LogP contribution in [0.15, 0.2) is 0 Å². The number of rotatable bonds is 6. The molecule has 7 aliphatic rings. The first-order valence-corrected chi connectivity index (χ1v) is 21.0. The molecule has 7 fully saturated rings. The van der Waals surface area contributed by atoms with Crippen LogP contribution in [0.5, 0.6) is 0 Å². The molecule has 0 aromatic heterocycles. The lowest BCUT2D eigenvalue weighted by Crippen LogP contribution is -2.68. The van der Waals surface area contributed by atoms with Crippen LogP contribution in [0.1, 0.15) is 127 Å². The van der Waals surface area contributed by atoms with Gasteiger partial charge >= 0.3 is 0 Å². The lowest BCUT2D eigenvalue weighted by Gasteiger charge is -2.71. The minimum atomic E-state index is -1.41. The zero-order chi connectivity index (χ0) is 39.7. The summed E-state index contributed by atoms with van der Waals surface area (Å²) < 4.78 is 32.5. The van der Waals surface area contributed by atoms with Gasteiger partial charge in [0.2, 0.25) is 0 Å².